The minimum absolute atomic E-state index is 0.136. The number of anilines is 1. The Morgan fingerprint density at radius 2 is 1.83 bits per heavy atom. The lowest BCUT2D eigenvalue weighted by molar-refractivity contribution is -0.137. The lowest BCUT2D eigenvalue weighted by atomic mass is 10.1. The average molecular weight is 341 g/mol. The monoisotopic (exact) mass is 341 g/mol. The number of thioether (sulfide) groups is 1. The molecule has 7 heteroatoms. The van der Waals surface area contributed by atoms with Gasteiger partial charge in [-0.15, -0.1) is 11.8 Å². The topological polar surface area (TPSA) is 20.3 Å². The summed E-state index contributed by atoms with van der Waals surface area (Å²) in [4.78, 5) is 13.4. The SMILES string of the molecule is O=C1CSC(c2cccc(C(F)(F)F)c2)N1c1cccc(F)c1. The summed E-state index contributed by atoms with van der Waals surface area (Å²) in [5.41, 5.74) is -0.0727. The van der Waals surface area contributed by atoms with E-state index in [4.69, 9.17) is 0 Å². The average Bonchev–Trinajstić information content (AvgIpc) is 2.88. The first-order valence-electron chi connectivity index (χ1n) is 6.72. The molecule has 0 aromatic heterocycles. The van der Waals surface area contributed by atoms with Gasteiger partial charge in [-0.05, 0) is 35.9 Å². The molecule has 0 radical (unpaired) electrons. The molecule has 3 rings (SSSR count). The number of carbonyl (C=O) groups is 1. The molecule has 1 fully saturated rings. The fourth-order valence-corrected chi connectivity index (χ4v) is 3.61. The van der Waals surface area contributed by atoms with Gasteiger partial charge in [-0.25, -0.2) is 4.39 Å². The van der Waals surface area contributed by atoms with Crippen LogP contribution in [0.25, 0.3) is 0 Å². The first-order valence-corrected chi connectivity index (χ1v) is 7.77. The molecule has 1 amide bonds. The third-order valence-corrected chi connectivity index (χ3v) is 4.67. The summed E-state index contributed by atoms with van der Waals surface area (Å²) in [6.45, 7) is 0. The number of hydrogen-bond donors (Lipinski definition) is 0. The van der Waals surface area contributed by atoms with Gasteiger partial charge in [0.25, 0.3) is 0 Å². The van der Waals surface area contributed by atoms with Crippen LogP contribution in [0, 0.1) is 5.82 Å². The zero-order valence-electron chi connectivity index (χ0n) is 11.7. The van der Waals surface area contributed by atoms with Crippen molar-refractivity contribution in [3.05, 3.63) is 65.5 Å². The molecule has 1 atom stereocenters. The molecule has 0 saturated carbocycles. The van der Waals surface area contributed by atoms with Crippen molar-refractivity contribution in [2.45, 2.75) is 11.6 Å². The molecule has 1 aliphatic heterocycles. The molecule has 120 valence electrons. The molecule has 0 spiro atoms. The van der Waals surface area contributed by atoms with Gasteiger partial charge in [-0.2, -0.15) is 13.2 Å². The minimum atomic E-state index is -4.45. The van der Waals surface area contributed by atoms with E-state index in [1.165, 1.54) is 47.0 Å². The fraction of sp³-hybridized carbons (Fsp3) is 0.188. The predicted molar refractivity (Wildman–Crippen MR) is 80.5 cm³/mol. The highest BCUT2D eigenvalue weighted by Gasteiger charge is 2.36. The summed E-state index contributed by atoms with van der Waals surface area (Å²) in [5, 5.41) is -0.605. The van der Waals surface area contributed by atoms with E-state index in [9.17, 15) is 22.4 Å². The molecule has 1 saturated heterocycles. The standard InChI is InChI=1S/C16H11F4NOS/c17-12-5-2-6-13(8-12)21-14(22)9-23-15(21)10-3-1-4-11(7-10)16(18,19)20/h1-8,15H,9H2. The van der Waals surface area contributed by atoms with Crippen molar-refractivity contribution in [3.8, 4) is 0 Å². The molecule has 1 heterocycles. The van der Waals surface area contributed by atoms with Crippen molar-refractivity contribution < 1.29 is 22.4 Å². The summed E-state index contributed by atoms with van der Waals surface area (Å²) in [7, 11) is 0. The smallest absolute Gasteiger partial charge is 0.295 e. The van der Waals surface area contributed by atoms with Crippen LogP contribution in [0.1, 0.15) is 16.5 Å². The summed E-state index contributed by atoms with van der Waals surface area (Å²) in [6, 6.07) is 10.3. The number of carbonyl (C=O) groups excluding carboxylic acids is 1. The molecular formula is C16H11F4NOS. The van der Waals surface area contributed by atoms with Crippen LogP contribution >= 0.6 is 11.8 Å². The molecule has 2 nitrogen and oxygen atoms in total. The quantitative estimate of drug-likeness (QED) is 0.743. The van der Waals surface area contributed by atoms with Crippen LogP contribution in [-0.2, 0) is 11.0 Å². The number of nitrogens with zero attached hydrogens (tertiary/aromatic N) is 1. The maximum absolute atomic E-state index is 13.4. The van der Waals surface area contributed by atoms with E-state index >= 15 is 0 Å². The Kier molecular flexibility index (Phi) is 4.06. The maximum atomic E-state index is 13.4. The highest BCUT2D eigenvalue weighted by molar-refractivity contribution is 8.00. The van der Waals surface area contributed by atoms with Crippen molar-refractivity contribution in [1.82, 2.24) is 0 Å². The Labute approximate surface area is 134 Å². The van der Waals surface area contributed by atoms with Crippen LogP contribution in [0.2, 0.25) is 0 Å². The van der Waals surface area contributed by atoms with E-state index in [2.05, 4.69) is 0 Å². The van der Waals surface area contributed by atoms with Gasteiger partial charge in [0.2, 0.25) is 5.91 Å². The normalized spacial score (nSPS) is 18.5. The van der Waals surface area contributed by atoms with Gasteiger partial charge in [0, 0.05) is 5.69 Å². The second kappa shape index (κ2) is 5.88. The van der Waals surface area contributed by atoms with Gasteiger partial charge < -0.3 is 0 Å². The zero-order chi connectivity index (χ0) is 16.6. The Morgan fingerprint density at radius 3 is 2.52 bits per heavy atom. The van der Waals surface area contributed by atoms with E-state index in [0.29, 0.717) is 11.3 Å². The molecule has 2 aromatic rings. The molecule has 1 aliphatic rings. The molecule has 0 aliphatic carbocycles. The van der Waals surface area contributed by atoms with Gasteiger partial charge in [0.15, 0.2) is 0 Å². The zero-order valence-corrected chi connectivity index (χ0v) is 12.5. The Bertz CT molecular complexity index is 747. The number of benzene rings is 2. The second-order valence-corrected chi connectivity index (χ2v) is 6.10. The minimum Gasteiger partial charge on any atom is -0.295 e. The fourth-order valence-electron chi connectivity index (χ4n) is 2.44. The first-order chi connectivity index (χ1) is 10.9. The van der Waals surface area contributed by atoms with Crippen LogP contribution in [0.5, 0.6) is 0 Å². The number of alkyl halides is 3. The van der Waals surface area contributed by atoms with Crippen molar-refractivity contribution in [2.75, 3.05) is 10.7 Å². The molecule has 0 bridgehead atoms. The van der Waals surface area contributed by atoms with E-state index in [1.54, 1.807) is 6.07 Å². The van der Waals surface area contributed by atoms with Crippen molar-refractivity contribution in [2.24, 2.45) is 0 Å². The number of rotatable bonds is 2. The lowest BCUT2D eigenvalue weighted by Crippen LogP contribution is -2.28. The predicted octanol–water partition coefficient (Wildman–Crippen LogP) is 4.62. The summed E-state index contributed by atoms with van der Waals surface area (Å²) in [6.07, 6.45) is -4.45. The van der Waals surface area contributed by atoms with Gasteiger partial charge in [0.1, 0.15) is 11.2 Å². The highest BCUT2D eigenvalue weighted by atomic mass is 32.2. The highest BCUT2D eigenvalue weighted by Crippen LogP contribution is 2.43. The van der Waals surface area contributed by atoms with E-state index in [0.717, 1.165) is 12.1 Å². The number of hydrogen-bond acceptors (Lipinski definition) is 2. The Morgan fingerprint density at radius 1 is 1.09 bits per heavy atom. The van der Waals surface area contributed by atoms with E-state index in [-0.39, 0.29) is 11.7 Å². The van der Waals surface area contributed by atoms with Crippen molar-refractivity contribution >= 4 is 23.4 Å². The lowest BCUT2D eigenvalue weighted by Gasteiger charge is -2.25. The third kappa shape index (κ3) is 3.19. The van der Waals surface area contributed by atoms with Crippen LogP contribution < -0.4 is 4.90 Å². The van der Waals surface area contributed by atoms with Crippen LogP contribution in [0.15, 0.2) is 48.5 Å². The van der Waals surface area contributed by atoms with E-state index in [1.807, 2.05) is 0 Å². The summed E-state index contributed by atoms with van der Waals surface area (Å²) < 4.78 is 52.0. The molecule has 2 aromatic carbocycles. The molecule has 23 heavy (non-hydrogen) atoms. The van der Waals surface area contributed by atoms with Gasteiger partial charge in [-0.3, -0.25) is 9.69 Å². The maximum Gasteiger partial charge on any atom is 0.416 e. The Balaban J connectivity index is 2.00. The second-order valence-electron chi connectivity index (χ2n) is 5.03. The first kappa shape index (κ1) is 15.9. The molecule has 0 N–H and O–H groups in total. The largest absolute Gasteiger partial charge is 0.416 e. The Hall–Kier alpha value is -2.02. The van der Waals surface area contributed by atoms with Gasteiger partial charge >= 0.3 is 6.18 Å². The summed E-state index contributed by atoms with van der Waals surface area (Å²) in [5.74, 6) is -0.629. The van der Waals surface area contributed by atoms with Crippen LogP contribution in [0.4, 0.5) is 23.2 Å². The summed E-state index contributed by atoms with van der Waals surface area (Å²) >= 11 is 1.22. The van der Waals surface area contributed by atoms with Gasteiger partial charge in [0.05, 0.1) is 11.3 Å². The molecular weight excluding hydrogens is 330 g/mol. The molecule has 1 unspecified atom stereocenters. The van der Waals surface area contributed by atoms with E-state index < -0.39 is 22.9 Å². The van der Waals surface area contributed by atoms with Crippen LogP contribution in [-0.4, -0.2) is 11.7 Å². The van der Waals surface area contributed by atoms with Gasteiger partial charge in [-0.1, -0.05) is 18.2 Å². The van der Waals surface area contributed by atoms with Crippen molar-refractivity contribution in [3.63, 3.8) is 0 Å². The number of amides is 1. The number of halogens is 4. The van der Waals surface area contributed by atoms with Crippen LogP contribution in [0.3, 0.4) is 0 Å². The third-order valence-electron chi connectivity index (χ3n) is 3.45. The van der Waals surface area contributed by atoms with Crippen molar-refractivity contribution in [1.29, 1.82) is 0 Å².